The molecule has 0 saturated heterocycles. The number of hydrogen-bond donors (Lipinski definition) is 3. The van der Waals surface area contributed by atoms with E-state index < -0.39 is 5.97 Å². The maximum atomic E-state index is 11.8. The van der Waals surface area contributed by atoms with Crippen LogP contribution in [0.25, 0.3) is 0 Å². The van der Waals surface area contributed by atoms with Gasteiger partial charge >= 0.3 is 12.0 Å². The van der Waals surface area contributed by atoms with Crippen LogP contribution in [0.1, 0.15) is 40.5 Å². The van der Waals surface area contributed by atoms with E-state index in [4.69, 9.17) is 6.42 Å². The molecule has 4 atom stereocenters. The Bertz CT molecular complexity index is 425. The quantitative estimate of drug-likeness (QED) is 0.690. The van der Waals surface area contributed by atoms with Gasteiger partial charge in [-0.25, -0.2) is 4.79 Å². The Morgan fingerprint density at radius 2 is 2.00 bits per heavy atom. The van der Waals surface area contributed by atoms with Gasteiger partial charge in [-0.3, -0.25) is 4.79 Å². The highest BCUT2D eigenvalue weighted by molar-refractivity contribution is 5.75. The predicted molar refractivity (Wildman–Crippen MR) is 77.1 cm³/mol. The minimum atomic E-state index is -0.759. The van der Waals surface area contributed by atoms with Crippen LogP contribution >= 0.6 is 0 Å². The van der Waals surface area contributed by atoms with Crippen molar-refractivity contribution in [1.82, 2.24) is 10.6 Å². The molecule has 0 heterocycles. The maximum absolute atomic E-state index is 11.8. The second kappa shape index (κ2) is 6.17. The normalized spacial score (nSPS) is 29.9. The molecule has 0 aromatic heterocycles. The van der Waals surface area contributed by atoms with Crippen LogP contribution in [0.15, 0.2) is 0 Å². The smallest absolute Gasteiger partial charge is 0.315 e. The molecule has 2 amide bonds. The van der Waals surface area contributed by atoms with E-state index in [1.165, 1.54) is 0 Å². The Morgan fingerprint density at radius 3 is 2.50 bits per heavy atom. The van der Waals surface area contributed by atoms with Gasteiger partial charge in [0.15, 0.2) is 0 Å². The van der Waals surface area contributed by atoms with Gasteiger partial charge in [-0.15, -0.1) is 6.42 Å². The number of aliphatic carboxylic acids is 1. The number of carboxylic acid groups (broad SMARTS) is 1. The fourth-order valence-electron chi connectivity index (χ4n) is 2.89. The summed E-state index contributed by atoms with van der Waals surface area (Å²) in [5.74, 6) is 1.38. The largest absolute Gasteiger partial charge is 0.481 e. The lowest BCUT2D eigenvalue weighted by Gasteiger charge is -2.46. The summed E-state index contributed by atoms with van der Waals surface area (Å²) >= 11 is 0. The summed E-state index contributed by atoms with van der Waals surface area (Å²) in [5, 5.41) is 14.9. The fraction of sp³-hybridized carbons (Fsp3) is 0.733. The molecule has 20 heavy (non-hydrogen) atoms. The molecule has 1 aliphatic rings. The van der Waals surface area contributed by atoms with E-state index in [1.54, 1.807) is 6.92 Å². The van der Waals surface area contributed by atoms with Gasteiger partial charge < -0.3 is 15.7 Å². The van der Waals surface area contributed by atoms with Crippen LogP contribution in [0.2, 0.25) is 0 Å². The predicted octanol–water partition coefficient (Wildman–Crippen LogP) is 1.83. The number of terminal acetylenes is 1. The number of rotatable bonds is 3. The van der Waals surface area contributed by atoms with Crippen molar-refractivity contribution < 1.29 is 14.7 Å². The summed E-state index contributed by atoms with van der Waals surface area (Å²) in [6.45, 7) is 7.62. The van der Waals surface area contributed by atoms with E-state index in [1.807, 2.05) is 20.8 Å². The minimum Gasteiger partial charge on any atom is -0.481 e. The molecule has 3 N–H and O–H groups in total. The van der Waals surface area contributed by atoms with Crippen molar-refractivity contribution in [3.8, 4) is 12.3 Å². The van der Waals surface area contributed by atoms with E-state index in [-0.39, 0.29) is 35.4 Å². The van der Waals surface area contributed by atoms with Crippen LogP contribution in [0.5, 0.6) is 0 Å². The van der Waals surface area contributed by atoms with Crippen molar-refractivity contribution >= 4 is 12.0 Å². The summed E-state index contributed by atoms with van der Waals surface area (Å²) in [7, 11) is 0. The Labute approximate surface area is 120 Å². The summed E-state index contributed by atoms with van der Waals surface area (Å²) in [6, 6.07) is -0.656. The minimum absolute atomic E-state index is 0.0365. The highest BCUT2D eigenvalue weighted by Crippen LogP contribution is 2.45. The van der Waals surface area contributed by atoms with Crippen LogP contribution in [0.4, 0.5) is 4.79 Å². The molecular weight excluding hydrogens is 256 g/mol. The van der Waals surface area contributed by atoms with Gasteiger partial charge in [0.1, 0.15) is 0 Å². The van der Waals surface area contributed by atoms with E-state index in [2.05, 4.69) is 16.6 Å². The topological polar surface area (TPSA) is 78.4 Å². The highest BCUT2D eigenvalue weighted by Gasteiger charge is 2.46. The van der Waals surface area contributed by atoms with E-state index in [0.717, 1.165) is 0 Å². The third kappa shape index (κ3) is 3.44. The fourth-order valence-corrected chi connectivity index (χ4v) is 2.89. The first-order valence-electron chi connectivity index (χ1n) is 6.96. The number of amides is 2. The van der Waals surface area contributed by atoms with Gasteiger partial charge in [0.25, 0.3) is 0 Å². The van der Waals surface area contributed by atoms with Gasteiger partial charge in [-0.1, -0.05) is 26.7 Å². The molecule has 0 bridgehead atoms. The molecular formula is C15H24N2O3. The third-order valence-corrected chi connectivity index (χ3v) is 4.65. The molecule has 4 unspecified atom stereocenters. The second-order valence-corrected chi connectivity index (χ2v) is 6.19. The zero-order chi connectivity index (χ0) is 15.5. The molecule has 0 aromatic rings. The Balaban J connectivity index is 2.69. The first kappa shape index (κ1) is 16.4. The lowest BCUT2D eigenvalue weighted by Crippen LogP contribution is -2.54. The van der Waals surface area contributed by atoms with Gasteiger partial charge in [-0.05, 0) is 31.1 Å². The number of carboxylic acids is 1. The number of urea groups is 1. The van der Waals surface area contributed by atoms with Gasteiger partial charge in [0, 0.05) is 6.04 Å². The summed E-state index contributed by atoms with van der Waals surface area (Å²) in [5.41, 5.74) is -0.361. The average Bonchev–Trinajstić information content (AvgIpc) is 2.34. The molecule has 0 aliphatic heterocycles. The van der Waals surface area contributed by atoms with Crippen LogP contribution in [-0.4, -0.2) is 29.2 Å². The highest BCUT2D eigenvalue weighted by atomic mass is 16.4. The molecule has 0 radical (unpaired) electrons. The number of carbonyl (C=O) groups is 2. The molecule has 0 spiro atoms. The number of hydrogen-bond acceptors (Lipinski definition) is 2. The average molecular weight is 280 g/mol. The molecule has 5 nitrogen and oxygen atoms in total. The number of nitrogens with one attached hydrogen (secondary N) is 2. The van der Waals surface area contributed by atoms with Gasteiger partial charge in [0.05, 0.1) is 12.0 Å². The van der Waals surface area contributed by atoms with Crippen molar-refractivity contribution in [1.29, 1.82) is 0 Å². The lowest BCUT2D eigenvalue weighted by atomic mass is 9.61. The van der Waals surface area contributed by atoms with Crippen LogP contribution in [-0.2, 0) is 4.79 Å². The monoisotopic (exact) mass is 280 g/mol. The number of carbonyl (C=O) groups excluding carboxylic acids is 1. The van der Waals surface area contributed by atoms with Crippen molar-refractivity contribution in [3.05, 3.63) is 0 Å². The SMILES string of the molecule is C#CC(C)NC(=O)NC1CCC(C(=O)O)C(C)(C)C1C. The van der Waals surface area contributed by atoms with E-state index in [9.17, 15) is 14.7 Å². The Morgan fingerprint density at radius 1 is 1.40 bits per heavy atom. The standard InChI is InChI=1S/C15H24N2O3/c1-6-9(2)16-14(20)17-12-8-7-11(13(18)19)15(4,5)10(12)3/h1,9-12H,7-8H2,2-5H3,(H,18,19)(H2,16,17,20). The molecule has 5 heteroatoms. The Kier molecular flexibility index (Phi) is 5.04. The third-order valence-electron chi connectivity index (χ3n) is 4.65. The lowest BCUT2D eigenvalue weighted by molar-refractivity contribution is -0.150. The van der Waals surface area contributed by atoms with Crippen molar-refractivity contribution in [2.45, 2.75) is 52.6 Å². The zero-order valence-electron chi connectivity index (χ0n) is 12.6. The second-order valence-electron chi connectivity index (χ2n) is 6.19. The van der Waals surface area contributed by atoms with Crippen molar-refractivity contribution in [2.75, 3.05) is 0 Å². The van der Waals surface area contributed by atoms with Gasteiger partial charge in [-0.2, -0.15) is 0 Å². The molecule has 1 aliphatic carbocycles. The van der Waals surface area contributed by atoms with Crippen LogP contribution in [0, 0.1) is 29.6 Å². The Hall–Kier alpha value is -1.70. The summed E-state index contributed by atoms with van der Waals surface area (Å²) in [6.07, 6.45) is 6.46. The van der Waals surface area contributed by atoms with Crippen molar-refractivity contribution in [3.63, 3.8) is 0 Å². The molecule has 1 saturated carbocycles. The molecule has 0 aromatic carbocycles. The first-order valence-corrected chi connectivity index (χ1v) is 6.96. The molecule has 1 fully saturated rings. The molecule has 112 valence electrons. The first-order chi connectivity index (χ1) is 9.20. The zero-order valence-corrected chi connectivity index (χ0v) is 12.6. The summed E-state index contributed by atoms with van der Waals surface area (Å²) < 4.78 is 0. The van der Waals surface area contributed by atoms with Crippen molar-refractivity contribution in [2.24, 2.45) is 17.3 Å². The summed E-state index contributed by atoms with van der Waals surface area (Å²) in [4.78, 5) is 23.1. The van der Waals surface area contributed by atoms with E-state index >= 15 is 0 Å². The van der Waals surface area contributed by atoms with E-state index in [0.29, 0.717) is 12.8 Å². The van der Waals surface area contributed by atoms with Gasteiger partial charge in [0.2, 0.25) is 0 Å². The van der Waals surface area contributed by atoms with Crippen LogP contribution < -0.4 is 10.6 Å². The molecule has 1 rings (SSSR count). The van der Waals surface area contributed by atoms with Crippen LogP contribution in [0.3, 0.4) is 0 Å². The maximum Gasteiger partial charge on any atom is 0.315 e.